The molecule has 1 aliphatic carbocycles. The highest BCUT2D eigenvalue weighted by Crippen LogP contribution is 2.44. The fraction of sp³-hybridized carbons (Fsp3) is 0.292. The number of fused-ring (bicyclic) bond motifs is 3. The number of carboxylic acid groups (broad SMARTS) is 1. The average molecular weight is 423 g/mol. The van der Waals surface area contributed by atoms with Crippen LogP contribution >= 0.6 is 0 Å². The molecule has 2 aromatic carbocycles. The lowest BCUT2D eigenvalue weighted by Gasteiger charge is -2.17. The van der Waals surface area contributed by atoms with E-state index in [9.17, 15) is 19.5 Å². The van der Waals surface area contributed by atoms with Crippen LogP contribution in [0.4, 0.5) is 4.79 Å². The van der Waals surface area contributed by atoms with Crippen molar-refractivity contribution in [3.8, 4) is 11.1 Å². The summed E-state index contributed by atoms with van der Waals surface area (Å²) in [5.74, 6) is -1.74. The molecule has 0 heterocycles. The predicted octanol–water partition coefficient (Wildman–Crippen LogP) is 3.88. The molecule has 2 aromatic rings. The summed E-state index contributed by atoms with van der Waals surface area (Å²) in [5, 5.41) is 11.7. The van der Waals surface area contributed by atoms with Gasteiger partial charge in [-0.05, 0) is 35.1 Å². The maximum absolute atomic E-state index is 12.3. The number of hydrogen-bond acceptors (Lipinski definition) is 5. The minimum atomic E-state index is -1.19. The van der Waals surface area contributed by atoms with Crippen LogP contribution in [-0.2, 0) is 19.1 Å². The van der Waals surface area contributed by atoms with Crippen LogP contribution in [0.5, 0.6) is 0 Å². The van der Waals surface area contributed by atoms with Gasteiger partial charge in [0.25, 0.3) is 0 Å². The quantitative estimate of drug-likeness (QED) is 0.444. The maximum atomic E-state index is 12.3. The Labute approximate surface area is 180 Å². The minimum Gasteiger partial charge on any atom is -0.480 e. The highest BCUT2D eigenvalue weighted by Gasteiger charge is 2.29. The number of alkyl carbamates (subject to hydrolysis) is 1. The molecule has 31 heavy (non-hydrogen) atoms. The van der Waals surface area contributed by atoms with Gasteiger partial charge in [-0.15, -0.1) is 0 Å². The van der Waals surface area contributed by atoms with Gasteiger partial charge < -0.3 is 19.9 Å². The topological polar surface area (TPSA) is 102 Å². The van der Waals surface area contributed by atoms with Crippen LogP contribution in [-0.4, -0.2) is 42.4 Å². The fourth-order valence-corrected chi connectivity index (χ4v) is 3.71. The first-order valence-electron chi connectivity index (χ1n) is 10.1. The summed E-state index contributed by atoms with van der Waals surface area (Å²) in [7, 11) is 0. The number of carbonyl (C=O) groups is 3. The average Bonchev–Trinajstić information content (AvgIpc) is 3.09. The van der Waals surface area contributed by atoms with E-state index < -0.39 is 24.1 Å². The Morgan fingerprint density at radius 3 is 2.23 bits per heavy atom. The summed E-state index contributed by atoms with van der Waals surface area (Å²) >= 11 is 0. The number of rotatable bonds is 10. The van der Waals surface area contributed by atoms with Gasteiger partial charge >= 0.3 is 18.0 Å². The lowest BCUT2D eigenvalue weighted by atomic mass is 9.98. The van der Waals surface area contributed by atoms with Crippen LogP contribution in [0.15, 0.2) is 61.2 Å². The number of hydrogen-bond donors (Lipinski definition) is 2. The van der Waals surface area contributed by atoms with Gasteiger partial charge in [0.15, 0.2) is 0 Å². The summed E-state index contributed by atoms with van der Waals surface area (Å²) in [6.07, 6.45) is 1.06. The number of amides is 1. The Balaban J connectivity index is 1.54. The molecule has 0 spiro atoms. The molecular formula is C24H25NO6. The molecule has 1 unspecified atom stereocenters. The Hall–Kier alpha value is -3.61. The summed E-state index contributed by atoms with van der Waals surface area (Å²) in [6.45, 7) is 3.66. The lowest BCUT2D eigenvalue weighted by Crippen LogP contribution is -2.41. The Bertz CT molecular complexity index is 925. The monoisotopic (exact) mass is 423 g/mol. The van der Waals surface area contributed by atoms with Crippen molar-refractivity contribution in [3.05, 3.63) is 72.3 Å². The van der Waals surface area contributed by atoms with E-state index in [1.807, 2.05) is 48.5 Å². The smallest absolute Gasteiger partial charge is 0.407 e. The predicted molar refractivity (Wildman–Crippen MR) is 115 cm³/mol. The van der Waals surface area contributed by atoms with Gasteiger partial charge in [0.2, 0.25) is 0 Å². The molecular weight excluding hydrogens is 398 g/mol. The van der Waals surface area contributed by atoms with Crippen molar-refractivity contribution in [1.29, 1.82) is 0 Å². The standard InChI is InChI=1S/C24H25NO6/c1-2-14-30-22(26)13-7-12-21(23(27)28)25-24(29)31-15-20-18-10-5-3-8-16(18)17-9-4-6-11-19(17)20/h2-6,8-11,20-21H,1,7,12-15H2,(H,25,29)(H,27,28). The van der Waals surface area contributed by atoms with E-state index in [2.05, 4.69) is 11.9 Å². The number of carboxylic acids is 1. The van der Waals surface area contributed by atoms with Gasteiger partial charge in [0.05, 0.1) is 0 Å². The molecule has 7 nitrogen and oxygen atoms in total. The van der Waals surface area contributed by atoms with Crippen LogP contribution in [0, 0.1) is 0 Å². The zero-order valence-corrected chi connectivity index (χ0v) is 17.1. The highest BCUT2D eigenvalue weighted by molar-refractivity contribution is 5.81. The Kier molecular flexibility index (Phi) is 7.43. The van der Waals surface area contributed by atoms with E-state index in [1.165, 1.54) is 6.08 Å². The molecule has 1 aliphatic rings. The number of carbonyl (C=O) groups excluding carboxylic acids is 2. The maximum Gasteiger partial charge on any atom is 0.407 e. The van der Waals surface area contributed by atoms with E-state index in [4.69, 9.17) is 9.47 Å². The fourth-order valence-electron chi connectivity index (χ4n) is 3.71. The van der Waals surface area contributed by atoms with E-state index in [0.717, 1.165) is 22.3 Å². The van der Waals surface area contributed by atoms with Gasteiger partial charge in [-0.1, -0.05) is 61.2 Å². The first kappa shape index (κ1) is 22.1. The van der Waals surface area contributed by atoms with E-state index in [0.29, 0.717) is 0 Å². The van der Waals surface area contributed by atoms with Crippen molar-refractivity contribution in [3.63, 3.8) is 0 Å². The molecule has 7 heteroatoms. The van der Waals surface area contributed by atoms with Gasteiger partial charge in [0, 0.05) is 12.3 Å². The third-order valence-corrected chi connectivity index (χ3v) is 5.17. The lowest BCUT2D eigenvalue weighted by molar-refractivity contribution is -0.143. The van der Waals surface area contributed by atoms with Gasteiger partial charge in [-0.3, -0.25) is 4.79 Å². The molecule has 0 saturated carbocycles. The summed E-state index contributed by atoms with van der Waals surface area (Å²) in [4.78, 5) is 35.2. The SMILES string of the molecule is C=CCOC(=O)CCCC(NC(=O)OCC1c2ccccc2-c2ccccc21)C(=O)O. The first-order valence-corrected chi connectivity index (χ1v) is 10.1. The summed E-state index contributed by atoms with van der Waals surface area (Å²) in [5.41, 5.74) is 4.37. The van der Waals surface area contributed by atoms with Gasteiger partial charge in [-0.2, -0.15) is 0 Å². The second-order valence-corrected chi connectivity index (χ2v) is 7.22. The van der Waals surface area contributed by atoms with Crippen LogP contribution in [0.2, 0.25) is 0 Å². The molecule has 162 valence electrons. The number of esters is 1. The summed E-state index contributed by atoms with van der Waals surface area (Å²) in [6, 6.07) is 14.8. The third-order valence-electron chi connectivity index (χ3n) is 5.17. The van der Waals surface area contributed by atoms with Crippen LogP contribution in [0.1, 0.15) is 36.3 Å². The number of nitrogens with one attached hydrogen (secondary N) is 1. The molecule has 1 amide bonds. The van der Waals surface area contributed by atoms with Crippen LogP contribution < -0.4 is 5.32 Å². The minimum absolute atomic E-state index is 0.0595. The molecule has 0 aromatic heterocycles. The van der Waals surface area contributed by atoms with Crippen LogP contribution in [0.25, 0.3) is 11.1 Å². The van der Waals surface area contributed by atoms with Crippen molar-refractivity contribution >= 4 is 18.0 Å². The normalized spacial score (nSPS) is 12.9. The Morgan fingerprint density at radius 2 is 1.65 bits per heavy atom. The molecule has 0 bridgehead atoms. The third kappa shape index (κ3) is 5.51. The van der Waals surface area contributed by atoms with Crippen molar-refractivity contribution in [2.45, 2.75) is 31.2 Å². The summed E-state index contributed by atoms with van der Waals surface area (Å²) < 4.78 is 10.2. The first-order chi connectivity index (χ1) is 15.0. The number of benzene rings is 2. The van der Waals surface area contributed by atoms with E-state index in [-0.39, 0.29) is 38.4 Å². The van der Waals surface area contributed by atoms with Crippen molar-refractivity contribution in [2.75, 3.05) is 13.2 Å². The van der Waals surface area contributed by atoms with Gasteiger partial charge in [0.1, 0.15) is 19.3 Å². The van der Waals surface area contributed by atoms with Crippen LogP contribution in [0.3, 0.4) is 0 Å². The van der Waals surface area contributed by atoms with Gasteiger partial charge in [-0.25, -0.2) is 9.59 Å². The number of ether oxygens (including phenoxy) is 2. The van der Waals surface area contributed by atoms with E-state index in [1.54, 1.807) is 0 Å². The molecule has 2 N–H and O–H groups in total. The second-order valence-electron chi connectivity index (χ2n) is 7.22. The molecule has 1 atom stereocenters. The Morgan fingerprint density at radius 1 is 1.03 bits per heavy atom. The van der Waals surface area contributed by atoms with E-state index >= 15 is 0 Å². The van der Waals surface area contributed by atoms with Crippen molar-refractivity contribution in [2.24, 2.45) is 0 Å². The molecule has 0 radical (unpaired) electrons. The van der Waals surface area contributed by atoms with Crippen molar-refractivity contribution < 1.29 is 29.0 Å². The number of aliphatic carboxylic acids is 1. The molecule has 0 fully saturated rings. The second kappa shape index (κ2) is 10.4. The highest BCUT2D eigenvalue weighted by atomic mass is 16.5. The largest absolute Gasteiger partial charge is 0.480 e. The van der Waals surface area contributed by atoms with Crippen molar-refractivity contribution in [1.82, 2.24) is 5.32 Å². The zero-order chi connectivity index (χ0) is 22.2. The zero-order valence-electron chi connectivity index (χ0n) is 17.1. The molecule has 0 aliphatic heterocycles. The molecule has 3 rings (SSSR count). The molecule has 0 saturated heterocycles.